The summed E-state index contributed by atoms with van der Waals surface area (Å²) in [5, 5.41) is 19.8. The van der Waals surface area contributed by atoms with Crippen molar-refractivity contribution < 1.29 is 14.6 Å². The van der Waals surface area contributed by atoms with Crippen molar-refractivity contribution in [3.63, 3.8) is 0 Å². The van der Waals surface area contributed by atoms with Gasteiger partial charge in [0, 0.05) is 25.6 Å². The highest BCUT2D eigenvalue weighted by atomic mass is 16.5. The van der Waals surface area contributed by atoms with Crippen molar-refractivity contribution in [1.82, 2.24) is 20.3 Å². The van der Waals surface area contributed by atoms with E-state index >= 15 is 0 Å². The normalized spacial score (nSPS) is 21.0. The first-order valence-corrected chi connectivity index (χ1v) is 8.20. The monoisotopic (exact) mass is 330 g/mol. The van der Waals surface area contributed by atoms with E-state index in [1.807, 2.05) is 30.3 Å². The Labute approximate surface area is 140 Å². The molecule has 0 unspecified atom stereocenters. The number of carbonyl (C=O) groups is 1. The fraction of sp³-hybridized carbons (Fsp3) is 0.471. The minimum Gasteiger partial charge on any atom is -0.494 e. The number of nitrogens with zero attached hydrogens (tertiary/aromatic N) is 3. The first-order chi connectivity index (χ1) is 11.7. The third-order valence-electron chi connectivity index (χ3n) is 4.40. The molecular weight excluding hydrogens is 308 g/mol. The number of aromatic nitrogens is 3. The Balaban J connectivity index is 1.48. The molecular formula is C17H22N4O3. The van der Waals surface area contributed by atoms with Gasteiger partial charge in [0.15, 0.2) is 0 Å². The summed E-state index contributed by atoms with van der Waals surface area (Å²) in [4.78, 5) is 13.4. The zero-order chi connectivity index (χ0) is 16.8. The Morgan fingerprint density at radius 1 is 1.33 bits per heavy atom. The highest BCUT2D eigenvalue weighted by Gasteiger charge is 2.36. The zero-order valence-corrected chi connectivity index (χ0v) is 13.5. The number of benzene rings is 1. The fourth-order valence-electron chi connectivity index (χ4n) is 3.29. The molecule has 0 aliphatic carbocycles. The van der Waals surface area contributed by atoms with Gasteiger partial charge in [-0.15, -0.1) is 0 Å². The Hall–Kier alpha value is -2.41. The van der Waals surface area contributed by atoms with Crippen LogP contribution in [0.3, 0.4) is 0 Å². The van der Waals surface area contributed by atoms with Crippen LogP contribution >= 0.6 is 0 Å². The SMILES string of the molecule is O=C(O)C[C@H]1CN(CCCOc2ccccc2)C[C@H]1c1cn[nH]n1. The van der Waals surface area contributed by atoms with Gasteiger partial charge in [0.1, 0.15) is 5.75 Å². The molecule has 7 nitrogen and oxygen atoms in total. The van der Waals surface area contributed by atoms with Crippen molar-refractivity contribution >= 4 is 5.97 Å². The lowest BCUT2D eigenvalue weighted by atomic mass is 9.91. The van der Waals surface area contributed by atoms with Crippen LogP contribution in [0.1, 0.15) is 24.5 Å². The maximum atomic E-state index is 11.1. The van der Waals surface area contributed by atoms with Gasteiger partial charge in [-0.2, -0.15) is 15.4 Å². The topological polar surface area (TPSA) is 91.3 Å². The van der Waals surface area contributed by atoms with Crippen molar-refractivity contribution in [3.8, 4) is 5.75 Å². The van der Waals surface area contributed by atoms with Gasteiger partial charge in [0.2, 0.25) is 0 Å². The molecule has 0 bridgehead atoms. The third kappa shape index (κ3) is 4.32. The van der Waals surface area contributed by atoms with Crippen LogP contribution < -0.4 is 4.74 Å². The molecule has 0 saturated carbocycles. The molecule has 128 valence electrons. The van der Waals surface area contributed by atoms with E-state index in [0.717, 1.165) is 37.5 Å². The van der Waals surface area contributed by atoms with E-state index in [9.17, 15) is 4.79 Å². The van der Waals surface area contributed by atoms with Gasteiger partial charge in [-0.1, -0.05) is 18.2 Å². The number of ether oxygens (including phenoxy) is 1. The molecule has 24 heavy (non-hydrogen) atoms. The second kappa shape index (κ2) is 7.92. The number of para-hydroxylation sites is 1. The molecule has 2 atom stereocenters. The second-order valence-electron chi connectivity index (χ2n) is 6.13. The van der Waals surface area contributed by atoms with Gasteiger partial charge in [0.05, 0.1) is 24.9 Å². The summed E-state index contributed by atoms with van der Waals surface area (Å²) in [6.07, 6.45) is 2.76. The van der Waals surface area contributed by atoms with Crippen LogP contribution in [-0.4, -0.2) is 57.6 Å². The van der Waals surface area contributed by atoms with Crippen LogP contribution in [0.25, 0.3) is 0 Å². The van der Waals surface area contributed by atoms with Gasteiger partial charge in [-0.05, 0) is 24.5 Å². The molecule has 3 rings (SSSR count). The summed E-state index contributed by atoms with van der Waals surface area (Å²) in [6, 6.07) is 9.76. The average Bonchev–Trinajstić information content (AvgIpc) is 3.21. The number of H-pyrrole nitrogens is 1. The van der Waals surface area contributed by atoms with Crippen LogP contribution in [-0.2, 0) is 4.79 Å². The van der Waals surface area contributed by atoms with E-state index in [0.29, 0.717) is 6.61 Å². The van der Waals surface area contributed by atoms with Gasteiger partial charge in [-0.3, -0.25) is 4.79 Å². The van der Waals surface area contributed by atoms with Gasteiger partial charge >= 0.3 is 5.97 Å². The number of hydrogen-bond acceptors (Lipinski definition) is 5. The van der Waals surface area contributed by atoms with Crippen molar-refractivity contribution in [3.05, 3.63) is 42.2 Å². The molecule has 2 aromatic rings. The van der Waals surface area contributed by atoms with Crippen LogP contribution in [0.4, 0.5) is 0 Å². The summed E-state index contributed by atoms with van der Waals surface area (Å²) in [5.41, 5.74) is 0.851. The number of carboxylic acid groups (broad SMARTS) is 1. The number of aliphatic carboxylic acids is 1. The predicted molar refractivity (Wildman–Crippen MR) is 87.9 cm³/mol. The summed E-state index contributed by atoms with van der Waals surface area (Å²) in [6.45, 7) is 3.13. The minimum atomic E-state index is -0.761. The first kappa shape index (κ1) is 16.4. The molecule has 1 aliphatic rings. The Bertz CT molecular complexity index is 633. The Kier molecular flexibility index (Phi) is 5.43. The smallest absolute Gasteiger partial charge is 0.303 e. The van der Waals surface area contributed by atoms with E-state index in [-0.39, 0.29) is 18.3 Å². The molecule has 2 N–H and O–H groups in total. The van der Waals surface area contributed by atoms with E-state index < -0.39 is 5.97 Å². The van der Waals surface area contributed by atoms with E-state index in [1.54, 1.807) is 6.20 Å². The fourth-order valence-corrected chi connectivity index (χ4v) is 3.29. The highest BCUT2D eigenvalue weighted by Crippen LogP contribution is 2.33. The van der Waals surface area contributed by atoms with Crippen molar-refractivity contribution in [2.24, 2.45) is 5.92 Å². The second-order valence-corrected chi connectivity index (χ2v) is 6.13. The minimum absolute atomic E-state index is 0.0719. The van der Waals surface area contributed by atoms with Gasteiger partial charge < -0.3 is 14.7 Å². The molecule has 1 aromatic heterocycles. The molecule has 1 aromatic carbocycles. The number of aromatic amines is 1. The lowest BCUT2D eigenvalue weighted by Crippen LogP contribution is -2.24. The van der Waals surface area contributed by atoms with Crippen LogP contribution in [0, 0.1) is 5.92 Å². The predicted octanol–water partition coefficient (Wildman–Crippen LogP) is 1.76. The molecule has 2 heterocycles. The Morgan fingerprint density at radius 3 is 2.88 bits per heavy atom. The summed E-state index contributed by atoms with van der Waals surface area (Å²) >= 11 is 0. The first-order valence-electron chi connectivity index (χ1n) is 8.20. The molecule has 0 radical (unpaired) electrons. The van der Waals surface area contributed by atoms with Crippen molar-refractivity contribution in [1.29, 1.82) is 0 Å². The van der Waals surface area contributed by atoms with E-state index in [2.05, 4.69) is 20.3 Å². The number of nitrogens with one attached hydrogen (secondary N) is 1. The molecule has 0 spiro atoms. The molecule has 1 aliphatic heterocycles. The van der Waals surface area contributed by atoms with Crippen LogP contribution in [0.2, 0.25) is 0 Å². The highest BCUT2D eigenvalue weighted by molar-refractivity contribution is 5.67. The molecule has 0 amide bonds. The number of rotatable bonds is 8. The largest absolute Gasteiger partial charge is 0.494 e. The van der Waals surface area contributed by atoms with Gasteiger partial charge in [-0.25, -0.2) is 0 Å². The standard InChI is InChI=1S/C17H22N4O3/c22-17(23)9-13-11-21(12-15(13)16-10-18-20-19-16)7-4-8-24-14-5-2-1-3-6-14/h1-3,5-6,10,13,15H,4,7-9,11-12H2,(H,22,23)(H,18,19,20)/t13-,15+/m0/s1. The number of hydrogen-bond donors (Lipinski definition) is 2. The summed E-state index contributed by atoms with van der Waals surface area (Å²) < 4.78 is 5.71. The summed E-state index contributed by atoms with van der Waals surface area (Å²) in [7, 11) is 0. The maximum absolute atomic E-state index is 11.1. The lowest BCUT2D eigenvalue weighted by molar-refractivity contribution is -0.138. The average molecular weight is 330 g/mol. The maximum Gasteiger partial charge on any atom is 0.303 e. The Morgan fingerprint density at radius 2 is 2.17 bits per heavy atom. The van der Waals surface area contributed by atoms with E-state index in [1.165, 1.54) is 0 Å². The lowest BCUT2D eigenvalue weighted by Gasteiger charge is -2.15. The molecule has 1 saturated heterocycles. The van der Waals surface area contributed by atoms with Crippen molar-refractivity contribution in [2.45, 2.75) is 18.8 Å². The zero-order valence-electron chi connectivity index (χ0n) is 13.5. The molecule has 1 fully saturated rings. The van der Waals surface area contributed by atoms with Crippen LogP contribution in [0.5, 0.6) is 5.75 Å². The van der Waals surface area contributed by atoms with Crippen LogP contribution in [0.15, 0.2) is 36.5 Å². The quantitative estimate of drug-likeness (QED) is 0.717. The molecule has 7 heteroatoms. The number of carboxylic acids is 1. The van der Waals surface area contributed by atoms with E-state index in [4.69, 9.17) is 9.84 Å². The number of likely N-dealkylation sites (tertiary alicyclic amines) is 1. The van der Waals surface area contributed by atoms with Gasteiger partial charge in [0.25, 0.3) is 0 Å². The third-order valence-corrected chi connectivity index (χ3v) is 4.40. The van der Waals surface area contributed by atoms with Crippen molar-refractivity contribution in [2.75, 3.05) is 26.2 Å². The summed E-state index contributed by atoms with van der Waals surface area (Å²) in [5.74, 6) is 0.309.